The molecule has 2 N–H and O–H groups in total. The highest BCUT2D eigenvalue weighted by molar-refractivity contribution is 5.97. The monoisotopic (exact) mass is 562 g/mol. The minimum absolute atomic E-state index is 0.358. The maximum atomic E-state index is 14.7. The first-order valence-electron chi connectivity index (χ1n) is 14.1. The van der Waals surface area contributed by atoms with E-state index < -0.39 is 0 Å². The standard InChI is InChI=1S/C32H31FN8O/c1-40(2)24-14-22(18-34-19-24)20-5-6-28-27(16-20)30(39-38-28)32-36-29-26(7-8-35-31(29)37-32)21-13-23(33)17-25(15-21)42-12-11-41-9-3-4-10-41/h5-8,13-19H,3-4,9-12H2,1-2H3,(H,38,39)(H,35,36,37). The van der Waals surface area contributed by atoms with Crippen molar-refractivity contribution in [2.24, 2.45) is 0 Å². The largest absolute Gasteiger partial charge is 0.492 e. The smallest absolute Gasteiger partial charge is 0.160 e. The molecule has 4 aromatic heterocycles. The average molecular weight is 563 g/mol. The molecule has 1 aliphatic heterocycles. The molecule has 7 rings (SSSR count). The van der Waals surface area contributed by atoms with E-state index >= 15 is 0 Å². The van der Waals surface area contributed by atoms with Gasteiger partial charge in [-0.25, -0.2) is 14.4 Å². The van der Waals surface area contributed by atoms with Crippen LogP contribution in [-0.2, 0) is 0 Å². The number of fused-ring (bicyclic) bond motifs is 2. The zero-order chi connectivity index (χ0) is 28.6. The van der Waals surface area contributed by atoms with E-state index in [1.54, 1.807) is 6.20 Å². The Balaban J connectivity index is 1.22. The molecule has 1 saturated heterocycles. The molecule has 42 heavy (non-hydrogen) atoms. The van der Waals surface area contributed by atoms with Crippen LogP contribution in [0.5, 0.6) is 5.75 Å². The molecule has 0 atom stereocenters. The summed E-state index contributed by atoms with van der Waals surface area (Å²) in [5, 5.41) is 8.62. The molecule has 9 nitrogen and oxygen atoms in total. The molecule has 0 bridgehead atoms. The van der Waals surface area contributed by atoms with Gasteiger partial charge in [0, 0.05) is 55.6 Å². The van der Waals surface area contributed by atoms with E-state index in [1.807, 2.05) is 55.7 Å². The first kappa shape index (κ1) is 26.1. The van der Waals surface area contributed by atoms with Crippen molar-refractivity contribution in [3.05, 3.63) is 72.9 Å². The van der Waals surface area contributed by atoms with E-state index in [9.17, 15) is 4.39 Å². The van der Waals surface area contributed by atoms with Crippen molar-refractivity contribution in [1.29, 1.82) is 0 Å². The fourth-order valence-electron chi connectivity index (χ4n) is 5.56. The van der Waals surface area contributed by atoms with Gasteiger partial charge in [0.2, 0.25) is 0 Å². The van der Waals surface area contributed by atoms with Crippen molar-refractivity contribution < 1.29 is 9.13 Å². The Labute approximate surface area is 242 Å². The number of aromatic nitrogens is 6. The van der Waals surface area contributed by atoms with Crippen LogP contribution in [-0.4, -0.2) is 75.4 Å². The number of H-pyrrole nitrogens is 2. The number of likely N-dealkylation sites (tertiary alicyclic amines) is 1. The number of imidazole rings is 1. The molecule has 212 valence electrons. The van der Waals surface area contributed by atoms with Crippen LogP contribution in [0.4, 0.5) is 10.1 Å². The number of nitrogens with zero attached hydrogens (tertiary/aromatic N) is 6. The number of benzene rings is 2. The molecule has 0 radical (unpaired) electrons. The number of hydrogen-bond donors (Lipinski definition) is 2. The maximum absolute atomic E-state index is 14.7. The Morgan fingerprint density at radius 2 is 1.86 bits per heavy atom. The van der Waals surface area contributed by atoms with Gasteiger partial charge in [-0.3, -0.25) is 15.0 Å². The lowest BCUT2D eigenvalue weighted by molar-refractivity contribution is 0.237. The van der Waals surface area contributed by atoms with Gasteiger partial charge in [0.25, 0.3) is 0 Å². The number of aromatic amines is 2. The van der Waals surface area contributed by atoms with Crippen LogP contribution in [0.25, 0.3) is 55.8 Å². The van der Waals surface area contributed by atoms with E-state index in [0.29, 0.717) is 40.6 Å². The summed E-state index contributed by atoms with van der Waals surface area (Å²) in [6.45, 7) is 3.55. The number of rotatable bonds is 8. The molecule has 6 aromatic rings. The lowest BCUT2D eigenvalue weighted by Crippen LogP contribution is -2.25. The van der Waals surface area contributed by atoms with Crippen LogP contribution >= 0.6 is 0 Å². The summed E-state index contributed by atoms with van der Waals surface area (Å²) in [7, 11) is 3.99. The molecule has 0 amide bonds. The van der Waals surface area contributed by atoms with Gasteiger partial charge in [0.05, 0.1) is 17.4 Å². The zero-order valence-electron chi connectivity index (χ0n) is 23.6. The third-order valence-electron chi connectivity index (χ3n) is 7.80. The van der Waals surface area contributed by atoms with E-state index in [4.69, 9.17) is 9.72 Å². The highest BCUT2D eigenvalue weighted by Crippen LogP contribution is 2.34. The highest BCUT2D eigenvalue weighted by atomic mass is 19.1. The average Bonchev–Trinajstić information content (AvgIpc) is 3.76. The molecule has 0 spiro atoms. The van der Waals surface area contributed by atoms with Gasteiger partial charge in [0.15, 0.2) is 11.5 Å². The maximum Gasteiger partial charge on any atom is 0.160 e. The summed E-state index contributed by atoms with van der Waals surface area (Å²) in [5.41, 5.74) is 7.29. The van der Waals surface area contributed by atoms with Crippen LogP contribution in [0.2, 0.25) is 0 Å². The number of ether oxygens (including phenoxy) is 1. The fraction of sp³-hybridized carbons (Fsp3) is 0.250. The summed E-state index contributed by atoms with van der Waals surface area (Å²) in [4.78, 5) is 21.6. The van der Waals surface area contributed by atoms with Gasteiger partial charge in [-0.15, -0.1) is 0 Å². The fourth-order valence-corrected chi connectivity index (χ4v) is 5.56. The molecular formula is C32H31FN8O. The molecule has 0 aliphatic carbocycles. The summed E-state index contributed by atoms with van der Waals surface area (Å²) in [6.07, 6.45) is 7.85. The molecule has 0 saturated carbocycles. The predicted octanol–water partition coefficient (Wildman–Crippen LogP) is 5.91. The first-order valence-corrected chi connectivity index (χ1v) is 14.1. The third kappa shape index (κ3) is 5.05. The molecule has 0 unspecified atom stereocenters. The number of nitrogens with one attached hydrogen (secondary N) is 2. The third-order valence-corrected chi connectivity index (χ3v) is 7.80. The topological polar surface area (TPSA) is 98.8 Å². The second-order valence-corrected chi connectivity index (χ2v) is 10.9. The summed E-state index contributed by atoms with van der Waals surface area (Å²) in [6, 6.07) is 14.9. The highest BCUT2D eigenvalue weighted by Gasteiger charge is 2.18. The van der Waals surface area contributed by atoms with Gasteiger partial charge >= 0.3 is 0 Å². The van der Waals surface area contributed by atoms with Gasteiger partial charge in [-0.2, -0.15) is 5.10 Å². The van der Waals surface area contributed by atoms with Gasteiger partial charge in [-0.1, -0.05) is 6.07 Å². The van der Waals surface area contributed by atoms with Crippen LogP contribution in [0, 0.1) is 5.82 Å². The zero-order valence-corrected chi connectivity index (χ0v) is 23.6. The van der Waals surface area contributed by atoms with Crippen LogP contribution < -0.4 is 9.64 Å². The lowest BCUT2D eigenvalue weighted by Gasteiger charge is -2.15. The number of hydrogen-bond acceptors (Lipinski definition) is 7. The van der Waals surface area contributed by atoms with Crippen molar-refractivity contribution in [1.82, 2.24) is 35.0 Å². The van der Waals surface area contributed by atoms with E-state index in [0.717, 1.165) is 52.9 Å². The second kappa shape index (κ2) is 10.9. The number of anilines is 1. The number of pyridine rings is 2. The van der Waals surface area contributed by atoms with E-state index in [2.05, 4.69) is 42.2 Å². The van der Waals surface area contributed by atoms with Gasteiger partial charge < -0.3 is 14.6 Å². The number of halogens is 1. The summed E-state index contributed by atoms with van der Waals surface area (Å²) < 4.78 is 20.7. The molecule has 5 heterocycles. The summed E-state index contributed by atoms with van der Waals surface area (Å²) >= 11 is 0. The Kier molecular flexibility index (Phi) is 6.75. The SMILES string of the molecule is CN(C)c1cncc(-c2ccc3[nH]nc(-c4nc5c(-c6cc(F)cc(OCCN7CCCC7)c6)ccnc5[nH]4)c3c2)c1. The normalized spacial score (nSPS) is 13.8. The Bertz CT molecular complexity index is 1890. The molecular weight excluding hydrogens is 531 g/mol. The van der Waals surface area contributed by atoms with Crippen molar-refractivity contribution in [2.45, 2.75) is 12.8 Å². The Morgan fingerprint density at radius 3 is 2.71 bits per heavy atom. The van der Waals surface area contributed by atoms with E-state index in [-0.39, 0.29) is 5.82 Å². The quantitative estimate of drug-likeness (QED) is 0.238. The Morgan fingerprint density at radius 1 is 0.976 bits per heavy atom. The molecule has 2 aromatic carbocycles. The van der Waals surface area contributed by atoms with Gasteiger partial charge in [-0.05, 0) is 73.5 Å². The first-order chi connectivity index (χ1) is 20.5. The predicted molar refractivity (Wildman–Crippen MR) is 163 cm³/mol. The van der Waals surface area contributed by atoms with Crippen molar-refractivity contribution in [3.63, 3.8) is 0 Å². The Hall–Kier alpha value is -4.83. The minimum Gasteiger partial charge on any atom is -0.492 e. The van der Waals surface area contributed by atoms with Crippen LogP contribution in [0.3, 0.4) is 0 Å². The van der Waals surface area contributed by atoms with Crippen LogP contribution in [0.1, 0.15) is 12.8 Å². The van der Waals surface area contributed by atoms with Gasteiger partial charge in [0.1, 0.15) is 29.4 Å². The lowest BCUT2D eigenvalue weighted by atomic mass is 10.0. The van der Waals surface area contributed by atoms with Crippen molar-refractivity contribution >= 4 is 27.8 Å². The summed E-state index contributed by atoms with van der Waals surface area (Å²) in [5.74, 6) is 0.721. The van der Waals surface area contributed by atoms with Crippen LogP contribution in [0.15, 0.2) is 67.1 Å². The van der Waals surface area contributed by atoms with Crippen molar-refractivity contribution in [3.8, 4) is 39.5 Å². The minimum atomic E-state index is -0.358. The molecule has 1 aliphatic rings. The van der Waals surface area contributed by atoms with Crippen molar-refractivity contribution in [2.75, 3.05) is 45.2 Å². The molecule has 10 heteroatoms. The van der Waals surface area contributed by atoms with E-state index in [1.165, 1.54) is 25.0 Å². The molecule has 1 fully saturated rings. The second-order valence-electron chi connectivity index (χ2n) is 10.9.